The van der Waals surface area contributed by atoms with Crippen molar-refractivity contribution in [2.24, 2.45) is 0 Å². The van der Waals surface area contributed by atoms with Gasteiger partial charge in [0.1, 0.15) is 15.5 Å². The Morgan fingerprint density at radius 1 is 1.14 bits per heavy atom. The van der Waals surface area contributed by atoms with E-state index in [1.807, 2.05) is 32.0 Å². The van der Waals surface area contributed by atoms with E-state index < -0.39 is 0 Å². The molecule has 3 rings (SSSR count). The van der Waals surface area contributed by atoms with Crippen molar-refractivity contribution in [1.82, 2.24) is 15.0 Å². The number of aromatic nitrogens is 3. The first kappa shape index (κ1) is 14.1. The molecular weight excluding hydrogens is 298 g/mol. The predicted octanol–water partition coefficient (Wildman–Crippen LogP) is 4.47. The Bertz CT molecular complexity index is 819. The van der Waals surface area contributed by atoms with Crippen LogP contribution in [0.4, 0.5) is 0 Å². The van der Waals surface area contributed by atoms with Crippen LogP contribution in [0, 0.1) is 18.5 Å². The summed E-state index contributed by atoms with van der Waals surface area (Å²) < 4.78 is 0.649. The van der Waals surface area contributed by atoms with Crippen LogP contribution in [0.25, 0.3) is 11.3 Å². The summed E-state index contributed by atoms with van der Waals surface area (Å²) >= 11 is 7.05. The Labute approximate surface area is 132 Å². The number of thiazole rings is 1. The van der Waals surface area contributed by atoms with Crippen LogP contribution < -0.4 is 0 Å². The topological polar surface area (TPSA) is 41.6 Å². The lowest BCUT2D eigenvalue weighted by Gasteiger charge is -2.09. The van der Waals surface area contributed by atoms with Gasteiger partial charge in [0.2, 0.25) is 0 Å². The molecule has 0 unspecified atom stereocenters. The van der Waals surface area contributed by atoms with E-state index in [0.717, 1.165) is 33.3 Å². The molecule has 3 nitrogen and oxygen atoms in total. The molecule has 0 radical (unpaired) electrons. The number of H-pyrrole nitrogens is 1. The number of nitrogens with one attached hydrogen (secondary N) is 1. The molecule has 0 atom stereocenters. The number of rotatable bonds is 3. The molecule has 21 heavy (non-hydrogen) atoms. The van der Waals surface area contributed by atoms with Crippen molar-refractivity contribution in [3.63, 3.8) is 0 Å². The van der Waals surface area contributed by atoms with Crippen LogP contribution in [-0.2, 0) is 6.42 Å². The van der Waals surface area contributed by atoms with Gasteiger partial charge in [0.15, 0.2) is 0 Å². The van der Waals surface area contributed by atoms with E-state index in [2.05, 4.69) is 32.5 Å². The molecule has 3 aromatic rings. The Kier molecular flexibility index (Phi) is 3.94. The second-order valence-electron chi connectivity index (χ2n) is 4.91. The SMILES string of the molecule is Cc1csc(Cc2nc(=S)c(C)c(-c3ccccc3)[nH]2)n1. The summed E-state index contributed by atoms with van der Waals surface area (Å²) in [5.41, 5.74) is 4.22. The first-order chi connectivity index (χ1) is 10.1. The lowest BCUT2D eigenvalue weighted by Crippen LogP contribution is -2.01. The molecule has 1 aromatic carbocycles. The fourth-order valence-electron chi connectivity index (χ4n) is 2.18. The highest BCUT2D eigenvalue weighted by molar-refractivity contribution is 7.71. The van der Waals surface area contributed by atoms with Crippen LogP contribution in [0.5, 0.6) is 0 Å². The zero-order valence-corrected chi connectivity index (χ0v) is 13.5. The number of aryl methyl sites for hydroxylation is 1. The van der Waals surface area contributed by atoms with Crippen LogP contribution in [0.1, 0.15) is 22.1 Å². The third kappa shape index (κ3) is 3.09. The van der Waals surface area contributed by atoms with E-state index in [1.54, 1.807) is 11.3 Å². The summed E-state index contributed by atoms with van der Waals surface area (Å²) in [4.78, 5) is 12.4. The quantitative estimate of drug-likeness (QED) is 0.725. The molecule has 0 amide bonds. The van der Waals surface area contributed by atoms with Gasteiger partial charge in [-0.05, 0) is 19.4 Å². The molecule has 0 aliphatic rings. The highest BCUT2D eigenvalue weighted by atomic mass is 32.1. The number of aromatic amines is 1. The van der Waals surface area contributed by atoms with E-state index in [0.29, 0.717) is 11.1 Å². The second-order valence-corrected chi connectivity index (χ2v) is 6.24. The van der Waals surface area contributed by atoms with Crippen LogP contribution in [-0.4, -0.2) is 15.0 Å². The molecule has 106 valence electrons. The smallest absolute Gasteiger partial charge is 0.133 e. The third-order valence-corrected chi connectivity index (χ3v) is 4.61. The first-order valence-corrected chi connectivity index (χ1v) is 7.98. The molecular formula is C16H15N3S2. The van der Waals surface area contributed by atoms with Gasteiger partial charge in [0, 0.05) is 16.6 Å². The minimum absolute atomic E-state index is 0.649. The molecule has 0 aliphatic carbocycles. The lowest BCUT2D eigenvalue weighted by molar-refractivity contribution is 0.938. The van der Waals surface area contributed by atoms with Gasteiger partial charge in [0.25, 0.3) is 0 Å². The Morgan fingerprint density at radius 3 is 2.57 bits per heavy atom. The Balaban J connectivity index is 2.04. The van der Waals surface area contributed by atoms with Crippen LogP contribution in [0.15, 0.2) is 35.7 Å². The average molecular weight is 313 g/mol. The molecule has 5 heteroatoms. The Hall–Kier alpha value is -1.85. The van der Waals surface area contributed by atoms with Crippen molar-refractivity contribution < 1.29 is 0 Å². The lowest BCUT2D eigenvalue weighted by atomic mass is 10.1. The molecule has 2 aromatic heterocycles. The maximum absolute atomic E-state index is 5.40. The number of hydrogen-bond donors (Lipinski definition) is 1. The summed E-state index contributed by atoms with van der Waals surface area (Å²) in [5, 5.41) is 3.10. The van der Waals surface area contributed by atoms with Crippen molar-refractivity contribution >= 4 is 23.6 Å². The van der Waals surface area contributed by atoms with Crippen molar-refractivity contribution in [2.75, 3.05) is 0 Å². The van der Waals surface area contributed by atoms with Crippen LogP contribution in [0.2, 0.25) is 0 Å². The van der Waals surface area contributed by atoms with Gasteiger partial charge in [-0.25, -0.2) is 9.97 Å². The highest BCUT2D eigenvalue weighted by Gasteiger charge is 2.09. The van der Waals surface area contributed by atoms with Gasteiger partial charge >= 0.3 is 0 Å². The number of hydrogen-bond acceptors (Lipinski definition) is 4. The monoisotopic (exact) mass is 313 g/mol. The molecule has 0 spiro atoms. The van der Waals surface area contributed by atoms with E-state index >= 15 is 0 Å². The fourth-order valence-corrected chi connectivity index (χ4v) is 3.17. The number of benzene rings is 1. The molecule has 1 N–H and O–H groups in total. The van der Waals surface area contributed by atoms with Crippen LogP contribution in [0.3, 0.4) is 0 Å². The zero-order valence-electron chi connectivity index (χ0n) is 11.9. The van der Waals surface area contributed by atoms with Gasteiger partial charge in [-0.3, -0.25) is 0 Å². The maximum Gasteiger partial charge on any atom is 0.133 e. The van der Waals surface area contributed by atoms with E-state index in [9.17, 15) is 0 Å². The summed E-state index contributed by atoms with van der Waals surface area (Å²) in [6, 6.07) is 10.2. The van der Waals surface area contributed by atoms with Crippen molar-refractivity contribution in [1.29, 1.82) is 0 Å². The van der Waals surface area contributed by atoms with Gasteiger partial charge in [-0.1, -0.05) is 42.5 Å². The Morgan fingerprint density at radius 2 is 1.90 bits per heavy atom. The van der Waals surface area contributed by atoms with Crippen molar-refractivity contribution in [3.05, 3.63) is 62.4 Å². The zero-order chi connectivity index (χ0) is 14.8. The largest absolute Gasteiger partial charge is 0.343 e. The van der Waals surface area contributed by atoms with Crippen molar-refractivity contribution in [3.8, 4) is 11.3 Å². The maximum atomic E-state index is 5.40. The normalized spacial score (nSPS) is 10.8. The van der Waals surface area contributed by atoms with Gasteiger partial charge < -0.3 is 4.98 Å². The summed E-state index contributed by atoms with van der Waals surface area (Å²) in [7, 11) is 0. The standard InChI is InChI=1S/C16H15N3S2/c1-10-9-21-14(17-10)8-13-18-15(11(2)16(20)19-13)12-6-4-3-5-7-12/h3-7,9H,8H2,1-2H3,(H,18,19,20). The van der Waals surface area contributed by atoms with Gasteiger partial charge in [-0.2, -0.15) is 0 Å². The first-order valence-electron chi connectivity index (χ1n) is 6.69. The van der Waals surface area contributed by atoms with E-state index in [-0.39, 0.29) is 0 Å². The fraction of sp³-hybridized carbons (Fsp3) is 0.188. The van der Waals surface area contributed by atoms with Crippen molar-refractivity contribution in [2.45, 2.75) is 20.3 Å². The summed E-state index contributed by atoms with van der Waals surface area (Å²) in [5.74, 6) is 0.860. The summed E-state index contributed by atoms with van der Waals surface area (Å²) in [6.07, 6.45) is 0.683. The van der Waals surface area contributed by atoms with E-state index in [4.69, 9.17) is 12.2 Å². The molecule has 0 bridgehead atoms. The van der Waals surface area contributed by atoms with Crippen LogP contribution >= 0.6 is 23.6 Å². The minimum atomic E-state index is 0.649. The number of nitrogens with zero attached hydrogens (tertiary/aromatic N) is 2. The summed E-state index contributed by atoms with van der Waals surface area (Å²) in [6.45, 7) is 4.01. The predicted molar refractivity (Wildman–Crippen MR) is 89.3 cm³/mol. The van der Waals surface area contributed by atoms with E-state index in [1.165, 1.54) is 0 Å². The molecule has 2 heterocycles. The minimum Gasteiger partial charge on any atom is -0.343 e. The molecule has 0 aliphatic heterocycles. The molecule has 0 fully saturated rings. The van der Waals surface area contributed by atoms with Gasteiger partial charge in [0.05, 0.1) is 12.1 Å². The average Bonchev–Trinajstić information content (AvgIpc) is 2.89. The third-order valence-electron chi connectivity index (χ3n) is 3.25. The molecule has 0 saturated heterocycles. The van der Waals surface area contributed by atoms with Gasteiger partial charge in [-0.15, -0.1) is 11.3 Å². The molecule has 0 saturated carbocycles. The second kappa shape index (κ2) is 5.87. The highest BCUT2D eigenvalue weighted by Crippen LogP contribution is 2.22.